The molecule has 2 amide bonds. The fourth-order valence-corrected chi connectivity index (χ4v) is 5.12. The van der Waals surface area contributed by atoms with Gasteiger partial charge in [0.2, 0.25) is 0 Å². The second-order valence-electron chi connectivity index (χ2n) is 10.1. The lowest BCUT2D eigenvalue weighted by molar-refractivity contribution is -0.223. The molecule has 2 aliphatic heterocycles. The predicted molar refractivity (Wildman–Crippen MR) is 139 cm³/mol. The molecule has 2 fully saturated rings. The third-order valence-electron chi connectivity index (χ3n) is 7.90. The number of benzene rings is 2. The Labute approximate surface area is 220 Å². The Morgan fingerprint density at radius 3 is 1.21 bits per heavy atom. The molecular formula is C28H34F4N4O2. The van der Waals surface area contributed by atoms with E-state index in [0.29, 0.717) is 0 Å². The molecule has 4 rings (SSSR count). The molecule has 0 unspecified atom stereocenters. The average Bonchev–Trinajstić information content (AvgIpc) is 2.91. The van der Waals surface area contributed by atoms with E-state index in [-0.39, 0.29) is 52.4 Å². The number of amides is 2. The second kappa shape index (κ2) is 10.5. The first-order valence-corrected chi connectivity index (χ1v) is 12.8. The quantitative estimate of drug-likeness (QED) is 0.540. The van der Waals surface area contributed by atoms with Crippen molar-refractivity contribution in [3.63, 3.8) is 0 Å². The first-order valence-electron chi connectivity index (χ1n) is 12.8. The highest BCUT2D eigenvalue weighted by Gasteiger charge is 2.68. The van der Waals surface area contributed by atoms with Crippen molar-refractivity contribution in [1.82, 2.24) is 9.80 Å². The molecule has 2 heterocycles. The Balaban J connectivity index is 1.39. The number of hydrogen-bond donors (Lipinski definition) is 0. The van der Waals surface area contributed by atoms with Crippen LogP contribution >= 0.6 is 0 Å². The lowest BCUT2D eigenvalue weighted by Crippen LogP contribution is -2.64. The molecule has 206 valence electrons. The van der Waals surface area contributed by atoms with Crippen molar-refractivity contribution in [1.29, 1.82) is 0 Å². The van der Waals surface area contributed by atoms with Gasteiger partial charge >= 0.3 is 11.8 Å². The van der Waals surface area contributed by atoms with Crippen molar-refractivity contribution >= 4 is 23.2 Å². The van der Waals surface area contributed by atoms with Gasteiger partial charge in [0.1, 0.15) is 0 Å². The molecule has 2 aliphatic rings. The van der Waals surface area contributed by atoms with Crippen LogP contribution in [0.2, 0.25) is 0 Å². The van der Waals surface area contributed by atoms with Crippen LogP contribution in [0.5, 0.6) is 0 Å². The van der Waals surface area contributed by atoms with E-state index in [9.17, 15) is 27.2 Å². The molecule has 0 radical (unpaired) electrons. The smallest absolute Gasteiger partial charge is 0.368 e. The van der Waals surface area contributed by atoms with Gasteiger partial charge in [-0.1, -0.05) is 24.3 Å². The summed E-state index contributed by atoms with van der Waals surface area (Å²) in [5.74, 6) is -14.3. The molecular weight excluding hydrogens is 500 g/mol. The van der Waals surface area contributed by atoms with Crippen molar-refractivity contribution in [2.24, 2.45) is 0 Å². The van der Waals surface area contributed by atoms with Gasteiger partial charge in [-0.15, -0.1) is 0 Å². The summed E-state index contributed by atoms with van der Waals surface area (Å²) in [5.41, 5.74) is 6.05. The summed E-state index contributed by atoms with van der Waals surface area (Å²) >= 11 is 0. The number of piperazine rings is 2. The van der Waals surface area contributed by atoms with Crippen LogP contribution in [-0.4, -0.2) is 85.8 Å². The van der Waals surface area contributed by atoms with Crippen molar-refractivity contribution in [3.05, 3.63) is 58.7 Å². The molecule has 0 aromatic heterocycles. The minimum Gasteiger partial charge on any atom is -0.368 e. The largest absolute Gasteiger partial charge is 0.395 e. The summed E-state index contributed by atoms with van der Waals surface area (Å²) in [5, 5.41) is 0. The molecule has 0 saturated carbocycles. The highest BCUT2D eigenvalue weighted by atomic mass is 19.3. The predicted octanol–water partition coefficient (Wildman–Crippen LogP) is 4.19. The second-order valence-corrected chi connectivity index (χ2v) is 10.1. The average molecular weight is 535 g/mol. The molecule has 10 heteroatoms. The Morgan fingerprint density at radius 1 is 0.579 bits per heavy atom. The summed E-state index contributed by atoms with van der Waals surface area (Å²) in [6, 6.07) is 11.5. The Hall–Kier alpha value is -3.30. The number of alkyl halides is 4. The fraction of sp³-hybridized carbons (Fsp3) is 0.500. The summed E-state index contributed by atoms with van der Waals surface area (Å²) < 4.78 is 59.8. The van der Waals surface area contributed by atoms with E-state index in [2.05, 4.69) is 0 Å². The van der Waals surface area contributed by atoms with E-state index in [1.165, 1.54) is 0 Å². The van der Waals surface area contributed by atoms with Gasteiger partial charge in [-0.05, 0) is 62.1 Å². The van der Waals surface area contributed by atoms with Crippen LogP contribution in [0.25, 0.3) is 0 Å². The number of hydrogen-bond acceptors (Lipinski definition) is 4. The van der Waals surface area contributed by atoms with Crippen LogP contribution < -0.4 is 9.80 Å². The normalized spacial score (nSPS) is 17.2. The third kappa shape index (κ3) is 4.92. The Morgan fingerprint density at radius 2 is 0.895 bits per heavy atom. The number of halogens is 4. The van der Waals surface area contributed by atoms with Crippen molar-refractivity contribution < 1.29 is 27.2 Å². The Kier molecular flexibility index (Phi) is 7.63. The zero-order valence-electron chi connectivity index (χ0n) is 22.2. The summed E-state index contributed by atoms with van der Waals surface area (Å²) in [4.78, 5) is 30.6. The van der Waals surface area contributed by atoms with Crippen LogP contribution in [0.15, 0.2) is 36.4 Å². The first kappa shape index (κ1) is 27.7. The minimum atomic E-state index is -5.14. The van der Waals surface area contributed by atoms with E-state index in [1.54, 1.807) is 0 Å². The van der Waals surface area contributed by atoms with Crippen LogP contribution in [-0.2, 0) is 9.59 Å². The van der Waals surface area contributed by atoms with Crippen molar-refractivity contribution in [2.75, 3.05) is 62.2 Å². The maximum atomic E-state index is 14.9. The molecule has 6 nitrogen and oxygen atoms in total. The molecule has 38 heavy (non-hydrogen) atoms. The van der Waals surface area contributed by atoms with Gasteiger partial charge in [-0.2, -0.15) is 17.6 Å². The van der Waals surface area contributed by atoms with Crippen LogP contribution in [0.4, 0.5) is 28.9 Å². The van der Waals surface area contributed by atoms with Gasteiger partial charge in [0.15, 0.2) is 0 Å². The van der Waals surface area contributed by atoms with Gasteiger partial charge < -0.3 is 19.6 Å². The van der Waals surface area contributed by atoms with Gasteiger partial charge in [0.05, 0.1) is 0 Å². The van der Waals surface area contributed by atoms with Crippen LogP contribution in [0, 0.1) is 27.7 Å². The number of anilines is 2. The maximum absolute atomic E-state index is 14.9. The molecule has 2 aromatic rings. The number of carbonyl (C=O) groups is 2. The topological polar surface area (TPSA) is 47.1 Å². The molecule has 0 bridgehead atoms. The van der Waals surface area contributed by atoms with E-state index >= 15 is 0 Å². The van der Waals surface area contributed by atoms with Crippen molar-refractivity contribution in [2.45, 2.75) is 39.5 Å². The number of aryl methyl sites for hydroxylation is 2. The van der Waals surface area contributed by atoms with Gasteiger partial charge in [-0.25, -0.2) is 0 Å². The van der Waals surface area contributed by atoms with Gasteiger partial charge in [-0.3, -0.25) is 9.59 Å². The summed E-state index contributed by atoms with van der Waals surface area (Å²) in [6.45, 7) is 8.18. The third-order valence-corrected chi connectivity index (χ3v) is 7.90. The summed E-state index contributed by atoms with van der Waals surface area (Å²) in [7, 11) is 0. The highest BCUT2D eigenvalue weighted by Crippen LogP contribution is 2.38. The number of nitrogens with zero attached hydrogens (tertiary/aromatic N) is 4. The first-order chi connectivity index (χ1) is 17.9. The lowest BCUT2D eigenvalue weighted by Gasteiger charge is -2.41. The minimum absolute atomic E-state index is 0.138. The zero-order valence-corrected chi connectivity index (χ0v) is 22.2. The molecule has 2 aromatic carbocycles. The van der Waals surface area contributed by atoms with E-state index in [1.807, 2.05) is 73.9 Å². The summed E-state index contributed by atoms with van der Waals surface area (Å²) in [6.07, 6.45) is 0. The standard InChI is InChI=1S/C28H34F4N4O2/c1-19-7-5-9-23(21(19)3)33-11-15-35(16-12-33)25(37)27(29,30)28(31,32)26(38)36-17-13-34(14-18-36)24-10-6-8-20(2)22(24)4/h5-10H,11-18H2,1-4H3. The van der Waals surface area contributed by atoms with Gasteiger partial charge in [0.25, 0.3) is 11.8 Å². The fourth-order valence-electron chi connectivity index (χ4n) is 5.12. The van der Waals surface area contributed by atoms with Gasteiger partial charge in [0, 0.05) is 63.7 Å². The maximum Gasteiger partial charge on any atom is 0.395 e. The zero-order chi connectivity index (χ0) is 27.8. The number of rotatable bonds is 5. The van der Waals surface area contributed by atoms with Crippen LogP contribution in [0.1, 0.15) is 22.3 Å². The highest BCUT2D eigenvalue weighted by molar-refractivity contribution is 5.95. The van der Waals surface area contributed by atoms with Crippen molar-refractivity contribution in [3.8, 4) is 0 Å². The van der Waals surface area contributed by atoms with E-state index in [4.69, 9.17) is 0 Å². The SMILES string of the molecule is Cc1cccc(N2CCN(C(=O)C(F)(F)C(F)(F)C(=O)N3CCN(c4cccc(C)c4C)CC3)CC2)c1C. The molecule has 0 atom stereocenters. The van der Waals surface area contributed by atoms with E-state index in [0.717, 1.165) is 43.4 Å². The molecule has 0 aliphatic carbocycles. The van der Waals surface area contributed by atoms with Crippen LogP contribution in [0.3, 0.4) is 0 Å². The van der Waals surface area contributed by atoms with E-state index < -0.39 is 23.7 Å². The molecule has 0 N–H and O–H groups in total. The molecule has 2 saturated heterocycles. The number of carbonyl (C=O) groups excluding carboxylic acids is 2. The monoisotopic (exact) mass is 534 g/mol. The Bertz CT molecular complexity index is 1110. The molecule has 0 spiro atoms. The lowest BCUT2D eigenvalue weighted by atomic mass is 10.0.